The van der Waals surface area contributed by atoms with Gasteiger partial charge in [-0.2, -0.15) is 0 Å². The molecule has 1 aliphatic rings. The normalized spacial score (nSPS) is 15.4. The van der Waals surface area contributed by atoms with Gasteiger partial charge in [0.1, 0.15) is 11.6 Å². The van der Waals surface area contributed by atoms with Gasteiger partial charge in [-0.1, -0.05) is 30.3 Å². The van der Waals surface area contributed by atoms with E-state index in [4.69, 9.17) is 5.73 Å². The van der Waals surface area contributed by atoms with E-state index in [-0.39, 0.29) is 11.6 Å². The van der Waals surface area contributed by atoms with Crippen LogP contribution in [0, 0.1) is 17.6 Å². The Kier molecular flexibility index (Phi) is 4.95. The second-order valence-corrected chi connectivity index (χ2v) is 7.48. The lowest BCUT2D eigenvalue weighted by atomic mass is 9.95. The molecule has 0 aromatic heterocycles. The van der Waals surface area contributed by atoms with Crippen LogP contribution < -0.4 is 5.73 Å². The molecular formula is C24H21F2NO. The molecule has 3 aromatic carbocycles. The van der Waals surface area contributed by atoms with Crippen LogP contribution in [0.2, 0.25) is 0 Å². The molecule has 0 bridgehead atoms. The van der Waals surface area contributed by atoms with Crippen LogP contribution in [0.1, 0.15) is 33.5 Å². The van der Waals surface area contributed by atoms with Crippen molar-refractivity contribution in [1.82, 2.24) is 0 Å². The Labute approximate surface area is 163 Å². The molecule has 3 aromatic rings. The van der Waals surface area contributed by atoms with Gasteiger partial charge in [-0.15, -0.1) is 0 Å². The zero-order valence-corrected chi connectivity index (χ0v) is 15.4. The first-order valence-corrected chi connectivity index (χ1v) is 9.45. The van der Waals surface area contributed by atoms with Crippen LogP contribution in [0.15, 0.2) is 60.7 Å². The number of carbonyl (C=O) groups excluding carboxylic acids is 1. The highest BCUT2D eigenvalue weighted by atomic mass is 19.1. The molecule has 0 saturated carbocycles. The van der Waals surface area contributed by atoms with Gasteiger partial charge in [0, 0.05) is 5.56 Å². The number of carbonyl (C=O) groups is 1. The molecule has 0 fully saturated rings. The van der Waals surface area contributed by atoms with Gasteiger partial charge in [0.25, 0.3) is 0 Å². The van der Waals surface area contributed by atoms with Crippen LogP contribution in [-0.4, -0.2) is 5.91 Å². The summed E-state index contributed by atoms with van der Waals surface area (Å²) in [6.45, 7) is 0. The third-order valence-electron chi connectivity index (χ3n) is 5.54. The van der Waals surface area contributed by atoms with E-state index in [0.717, 1.165) is 30.4 Å². The minimum absolute atomic E-state index is 0.193. The van der Waals surface area contributed by atoms with E-state index in [0.29, 0.717) is 29.0 Å². The van der Waals surface area contributed by atoms with Gasteiger partial charge in [0.05, 0.1) is 0 Å². The van der Waals surface area contributed by atoms with E-state index in [1.54, 1.807) is 24.3 Å². The molecule has 28 heavy (non-hydrogen) atoms. The highest BCUT2D eigenvalue weighted by Crippen LogP contribution is 2.31. The van der Waals surface area contributed by atoms with Crippen LogP contribution in [0.3, 0.4) is 0 Å². The number of fused-ring (bicyclic) bond motifs is 1. The van der Waals surface area contributed by atoms with E-state index in [1.807, 2.05) is 24.3 Å². The summed E-state index contributed by atoms with van der Waals surface area (Å²) in [6, 6.07) is 17.1. The SMILES string of the molecule is NC(=O)c1cccc(-c2ccc(CC[C@H]3Cc4ccc(F)cc4C3)c(F)c2)c1. The standard InChI is InChI=1S/C24H21F2NO/c25-22-9-8-18-10-15(11-21(18)13-22)4-5-16-6-7-19(14-23(16)26)17-2-1-3-20(12-17)24(27)28/h1-3,6-9,12-15H,4-5,10-11H2,(H2,27,28)/t15-/m0/s1. The van der Waals surface area contributed by atoms with E-state index >= 15 is 0 Å². The summed E-state index contributed by atoms with van der Waals surface area (Å²) in [4.78, 5) is 11.3. The Morgan fingerprint density at radius 2 is 1.71 bits per heavy atom. The molecule has 1 amide bonds. The Morgan fingerprint density at radius 3 is 2.50 bits per heavy atom. The van der Waals surface area contributed by atoms with Gasteiger partial charge < -0.3 is 5.73 Å². The molecule has 142 valence electrons. The molecule has 0 aliphatic heterocycles. The lowest BCUT2D eigenvalue weighted by molar-refractivity contribution is 0.100. The van der Waals surface area contributed by atoms with Gasteiger partial charge in [0.15, 0.2) is 0 Å². The second kappa shape index (κ2) is 7.55. The summed E-state index contributed by atoms with van der Waals surface area (Å²) >= 11 is 0. The lowest BCUT2D eigenvalue weighted by Gasteiger charge is -2.11. The first kappa shape index (κ1) is 18.4. The lowest BCUT2D eigenvalue weighted by Crippen LogP contribution is -2.10. The van der Waals surface area contributed by atoms with Gasteiger partial charge in [-0.05, 0) is 89.8 Å². The summed E-state index contributed by atoms with van der Waals surface area (Å²) in [5, 5.41) is 0. The van der Waals surface area contributed by atoms with Gasteiger partial charge in [-0.3, -0.25) is 4.79 Å². The predicted molar refractivity (Wildman–Crippen MR) is 106 cm³/mol. The highest BCUT2D eigenvalue weighted by Gasteiger charge is 2.22. The number of amides is 1. The fraction of sp³-hybridized carbons (Fsp3) is 0.208. The fourth-order valence-electron chi connectivity index (χ4n) is 4.02. The minimum Gasteiger partial charge on any atom is -0.366 e. The molecule has 2 nitrogen and oxygen atoms in total. The predicted octanol–water partition coefficient (Wildman–Crippen LogP) is 5.08. The molecule has 1 atom stereocenters. The van der Waals surface area contributed by atoms with Gasteiger partial charge in [0.2, 0.25) is 5.91 Å². The van der Waals surface area contributed by atoms with Crippen molar-refractivity contribution in [2.45, 2.75) is 25.7 Å². The quantitative estimate of drug-likeness (QED) is 0.662. The van der Waals surface area contributed by atoms with Crippen molar-refractivity contribution in [1.29, 1.82) is 0 Å². The number of hydrogen-bond donors (Lipinski definition) is 1. The van der Waals surface area contributed by atoms with Crippen LogP contribution in [0.5, 0.6) is 0 Å². The van der Waals surface area contributed by atoms with Crippen molar-refractivity contribution >= 4 is 5.91 Å². The molecule has 0 spiro atoms. The van der Waals surface area contributed by atoms with Crippen molar-refractivity contribution < 1.29 is 13.6 Å². The molecule has 4 rings (SSSR count). The summed E-state index contributed by atoms with van der Waals surface area (Å²) in [6.07, 6.45) is 3.29. The van der Waals surface area contributed by atoms with Crippen molar-refractivity contribution in [2.75, 3.05) is 0 Å². The smallest absolute Gasteiger partial charge is 0.248 e. The molecule has 0 saturated heterocycles. The highest BCUT2D eigenvalue weighted by molar-refractivity contribution is 5.94. The van der Waals surface area contributed by atoms with E-state index in [1.165, 1.54) is 17.7 Å². The largest absolute Gasteiger partial charge is 0.366 e. The van der Waals surface area contributed by atoms with E-state index < -0.39 is 5.91 Å². The van der Waals surface area contributed by atoms with E-state index in [2.05, 4.69) is 0 Å². The van der Waals surface area contributed by atoms with Crippen molar-refractivity contribution in [3.05, 3.63) is 94.6 Å². The summed E-state index contributed by atoms with van der Waals surface area (Å²) in [5.41, 5.74) is 10.2. The molecule has 1 aliphatic carbocycles. The topological polar surface area (TPSA) is 43.1 Å². The molecular weight excluding hydrogens is 356 g/mol. The average Bonchev–Trinajstić information content (AvgIpc) is 3.09. The zero-order chi connectivity index (χ0) is 19.7. The number of nitrogens with two attached hydrogens (primary N) is 1. The number of benzene rings is 3. The fourth-order valence-corrected chi connectivity index (χ4v) is 4.02. The summed E-state index contributed by atoms with van der Waals surface area (Å²) in [7, 11) is 0. The number of halogens is 2. The first-order valence-electron chi connectivity index (χ1n) is 9.45. The van der Waals surface area contributed by atoms with Crippen LogP contribution in [0.4, 0.5) is 8.78 Å². The third-order valence-corrected chi connectivity index (χ3v) is 5.54. The number of primary amides is 1. The van der Waals surface area contributed by atoms with Gasteiger partial charge >= 0.3 is 0 Å². The monoisotopic (exact) mass is 377 g/mol. The average molecular weight is 377 g/mol. The maximum Gasteiger partial charge on any atom is 0.248 e. The number of hydrogen-bond acceptors (Lipinski definition) is 1. The Hall–Kier alpha value is -3.01. The zero-order valence-electron chi connectivity index (χ0n) is 15.4. The van der Waals surface area contributed by atoms with Gasteiger partial charge in [-0.25, -0.2) is 8.78 Å². The maximum absolute atomic E-state index is 14.6. The summed E-state index contributed by atoms with van der Waals surface area (Å²) < 4.78 is 28.0. The first-order chi connectivity index (χ1) is 13.5. The van der Waals surface area contributed by atoms with Crippen LogP contribution in [0.25, 0.3) is 11.1 Å². The summed E-state index contributed by atoms with van der Waals surface area (Å²) in [5.74, 6) is -0.524. The molecule has 0 unspecified atom stereocenters. The van der Waals surface area contributed by atoms with Crippen molar-refractivity contribution in [3.63, 3.8) is 0 Å². The third kappa shape index (κ3) is 3.81. The molecule has 0 radical (unpaired) electrons. The Morgan fingerprint density at radius 1 is 0.929 bits per heavy atom. The van der Waals surface area contributed by atoms with Crippen LogP contribution in [-0.2, 0) is 19.3 Å². The number of rotatable bonds is 5. The van der Waals surface area contributed by atoms with Crippen molar-refractivity contribution in [3.8, 4) is 11.1 Å². The van der Waals surface area contributed by atoms with Crippen molar-refractivity contribution in [2.24, 2.45) is 11.7 Å². The minimum atomic E-state index is -0.503. The molecule has 4 heteroatoms. The maximum atomic E-state index is 14.6. The van der Waals surface area contributed by atoms with Crippen LogP contribution >= 0.6 is 0 Å². The molecule has 0 heterocycles. The Bertz CT molecular complexity index is 1040. The number of aryl methyl sites for hydroxylation is 1. The van der Waals surface area contributed by atoms with E-state index in [9.17, 15) is 13.6 Å². The second-order valence-electron chi connectivity index (χ2n) is 7.48. The molecule has 2 N–H and O–H groups in total. The Balaban J connectivity index is 1.44.